The average molecular weight is 430 g/mol. The van der Waals surface area contributed by atoms with Crippen molar-refractivity contribution in [1.29, 1.82) is 0 Å². The number of ether oxygens (including phenoxy) is 1. The number of amides is 1. The van der Waals surface area contributed by atoms with Crippen LogP contribution in [0.3, 0.4) is 0 Å². The van der Waals surface area contributed by atoms with Gasteiger partial charge in [0.25, 0.3) is 0 Å². The molecule has 0 saturated heterocycles. The largest absolute Gasteiger partial charge is 0.469 e. The van der Waals surface area contributed by atoms with E-state index in [2.05, 4.69) is 4.72 Å². The van der Waals surface area contributed by atoms with E-state index in [9.17, 15) is 18.0 Å². The second-order valence-corrected chi connectivity index (χ2v) is 11.0. The molecule has 0 atom stereocenters. The average Bonchev–Trinajstić information content (AvgIpc) is 3.56. The summed E-state index contributed by atoms with van der Waals surface area (Å²) in [7, 11) is -1.96. The predicted octanol–water partition coefficient (Wildman–Crippen LogP) is 4.48. The summed E-state index contributed by atoms with van der Waals surface area (Å²) in [6.07, 6.45) is 18.4. The molecule has 0 aromatic rings. The summed E-state index contributed by atoms with van der Waals surface area (Å²) in [4.78, 5) is 23.7. The Hall–Kier alpha value is -1.11. The van der Waals surface area contributed by atoms with Crippen LogP contribution in [0.5, 0.6) is 0 Å². The highest BCUT2D eigenvalue weighted by Gasteiger charge is 2.50. The van der Waals surface area contributed by atoms with Gasteiger partial charge in [0.15, 0.2) is 0 Å². The first kappa shape index (κ1) is 24.2. The molecule has 29 heavy (non-hydrogen) atoms. The van der Waals surface area contributed by atoms with Gasteiger partial charge in [0.1, 0.15) is 0 Å². The summed E-state index contributed by atoms with van der Waals surface area (Å²) in [6.45, 7) is 0. The summed E-state index contributed by atoms with van der Waals surface area (Å²) < 4.78 is 29.5. The van der Waals surface area contributed by atoms with Crippen molar-refractivity contribution in [1.82, 2.24) is 4.72 Å². The zero-order chi connectivity index (χ0) is 21.4. The van der Waals surface area contributed by atoms with Crippen molar-refractivity contribution in [2.75, 3.05) is 13.4 Å². The van der Waals surface area contributed by atoms with E-state index >= 15 is 0 Å². The number of methoxy groups -OCH3 is 1. The summed E-state index contributed by atoms with van der Waals surface area (Å²) >= 11 is 0. The maximum absolute atomic E-state index is 12.0. The molecule has 2 rings (SSSR count). The van der Waals surface area contributed by atoms with Crippen molar-refractivity contribution >= 4 is 21.9 Å². The monoisotopic (exact) mass is 429 g/mol. The second-order valence-electron chi connectivity index (χ2n) is 9.29. The fourth-order valence-electron chi connectivity index (χ4n) is 4.28. The summed E-state index contributed by atoms with van der Waals surface area (Å²) in [5.74, 6) is -0.319. The molecule has 168 valence electrons. The Morgan fingerprint density at radius 3 is 1.48 bits per heavy atom. The number of carbonyl (C=O) groups is 2. The van der Waals surface area contributed by atoms with Crippen LogP contribution in [0.15, 0.2) is 0 Å². The minimum Gasteiger partial charge on any atom is -0.469 e. The number of hydrogen-bond donors (Lipinski definition) is 1. The molecular weight excluding hydrogens is 390 g/mol. The standard InChI is InChI=1S/C22H39NO5S/c1-28-20(25)22(17-18-22)14-12-10-8-6-4-3-5-7-9-11-13-21(15-16-21)19(24)23-29(2,26)27/h3-18H2,1-2H3,(H,23,24). The van der Waals surface area contributed by atoms with Crippen LogP contribution in [0.4, 0.5) is 0 Å². The molecule has 0 unspecified atom stereocenters. The number of hydrogen-bond acceptors (Lipinski definition) is 5. The smallest absolute Gasteiger partial charge is 0.311 e. The number of nitrogens with one attached hydrogen (secondary N) is 1. The zero-order valence-corrected chi connectivity index (χ0v) is 19.1. The third kappa shape index (κ3) is 8.27. The molecule has 2 aliphatic rings. The van der Waals surface area contributed by atoms with E-state index in [0.29, 0.717) is 0 Å². The van der Waals surface area contributed by atoms with Crippen LogP contribution in [-0.2, 0) is 24.3 Å². The van der Waals surface area contributed by atoms with Crippen molar-refractivity contribution in [3.8, 4) is 0 Å². The van der Waals surface area contributed by atoms with Gasteiger partial charge in [0.2, 0.25) is 15.9 Å². The molecule has 2 saturated carbocycles. The fourth-order valence-corrected chi connectivity index (χ4v) is 4.84. The molecule has 0 heterocycles. The summed E-state index contributed by atoms with van der Waals surface area (Å²) in [5.41, 5.74) is -0.532. The summed E-state index contributed by atoms with van der Waals surface area (Å²) in [5, 5.41) is 0. The third-order valence-electron chi connectivity index (χ3n) is 6.65. The van der Waals surface area contributed by atoms with Crippen LogP contribution in [0.25, 0.3) is 0 Å². The van der Waals surface area contributed by atoms with Crippen LogP contribution in [0, 0.1) is 10.8 Å². The van der Waals surface area contributed by atoms with Gasteiger partial charge in [-0.15, -0.1) is 0 Å². The van der Waals surface area contributed by atoms with Crippen LogP contribution >= 0.6 is 0 Å². The van der Waals surface area contributed by atoms with Crippen molar-refractivity contribution < 1.29 is 22.7 Å². The Bertz CT molecular complexity index is 650. The number of carbonyl (C=O) groups excluding carboxylic acids is 2. The van der Waals surface area contributed by atoms with Crippen LogP contribution in [0.2, 0.25) is 0 Å². The van der Waals surface area contributed by atoms with Gasteiger partial charge in [-0.1, -0.05) is 64.2 Å². The fraction of sp³-hybridized carbons (Fsp3) is 0.909. The Balaban J connectivity index is 1.39. The Morgan fingerprint density at radius 1 is 0.759 bits per heavy atom. The minimum absolute atomic E-state index is 0.0128. The van der Waals surface area contributed by atoms with Gasteiger partial charge in [-0.3, -0.25) is 14.3 Å². The lowest BCUT2D eigenvalue weighted by atomic mass is 9.96. The highest BCUT2D eigenvalue weighted by Crippen LogP contribution is 2.51. The van der Waals surface area contributed by atoms with E-state index in [1.165, 1.54) is 52.1 Å². The quantitative estimate of drug-likeness (QED) is 0.289. The van der Waals surface area contributed by atoms with Gasteiger partial charge >= 0.3 is 5.97 Å². The van der Waals surface area contributed by atoms with Crippen molar-refractivity contribution in [3.63, 3.8) is 0 Å². The molecule has 7 heteroatoms. The zero-order valence-electron chi connectivity index (χ0n) is 18.3. The molecule has 0 radical (unpaired) electrons. The topological polar surface area (TPSA) is 89.5 Å². The van der Waals surface area contributed by atoms with Crippen molar-refractivity contribution in [2.24, 2.45) is 10.8 Å². The molecule has 6 nitrogen and oxygen atoms in total. The highest BCUT2D eigenvalue weighted by molar-refractivity contribution is 7.89. The van der Waals surface area contributed by atoms with Crippen LogP contribution < -0.4 is 4.72 Å². The maximum Gasteiger partial charge on any atom is 0.311 e. The predicted molar refractivity (Wildman–Crippen MR) is 114 cm³/mol. The molecule has 1 amide bonds. The minimum atomic E-state index is -3.45. The normalized spacial score (nSPS) is 18.8. The molecule has 2 aliphatic carbocycles. The number of rotatable bonds is 16. The molecule has 0 bridgehead atoms. The Morgan fingerprint density at radius 2 is 1.14 bits per heavy atom. The lowest BCUT2D eigenvalue weighted by Gasteiger charge is -2.14. The highest BCUT2D eigenvalue weighted by atomic mass is 32.2. The Kier molecular flexibility index (Phi) is 8.98. The number of esters is 1. The molecule has 1 N–H and O–H groups in total. The van der Waals surface area contributed by atoms with Gasteiger partial charge in [-0.25, -0.2) is 8.42 Å². The van der Waals surface area contributed by atoms with E-state index in [1.807, 2.05) is 0 Å². The first-order valence-corrected chi connectivity index (χ1v) is 13.2. The second kappa shape index (κ2) is 10.8. The first-order chi connectivity index (χ1) is 13.7. The van der Waals surface area contributed by atoms with E-state index in [1.54, 1.807) is 0 Å². The van der Waals surface area contributed by atoms with Gasteiger partial charge in [0, 0.05) is 0 Å². The molecule has 0 aromatic heterocycles. The van der Waals surface area contributed by atoms with Crippen molar-refractivity contribution in [2.45, 2.75) is 103 Å². The van der Waals surface area contributed by atoms with E-state index < -0.39 is 15.4 Å². The number of sulfonamides is 1. The molecule has 2 fully saturated rings. The van der Waals surface area contributed by atoms with Crippen molar-refractivity contribution in [3.05, 3.63) is 0 Å². The molecule has 0 aromatic carbocycles. The molecular formula is C22H39NO5S. The first-order valence-electron chi connectivity index (χ1n) is 11.3. The maximum atomic E-state index is 12.0. The van der Waals surface area contributed by atoms with Crippen LogP contribution in [0.1, 0.15) is 103 Å². The Labute approximate surface area is 176 Å². The summed E-state index contributed by atoms with van der Waals surface area (Å²) in [6, 6.07) is 0. The van der Waals surface area contributed by atoms with E-state index in [0.717, 1.165) is 64.0 Å². The van der Waals surface area contributed by atoms with E-state index in [4.69, 9.17) is 4.74 Å². The van der Waals surface area contributed by atoms with Gasteiger partial charge in [-0.2, -0.15) is 0 Å². The lowest BCUT2D eigenvalue weighted by Crippen LogP contribution is -2.36. The lowest BCUT2D eigenvalue weighted by molar-refractivity contribution is -0.147. The van der Waals surface area contributed by atoms with E-state index in [-0.39, 0.29) is 17.3 Å². The van der Waals surface area contributed by atoms with Gasteiger partial charge in [-0.05, 0) is 38.5 Å². The SMILES string of the molecule is COC(=O)C1(CCCCCCCCCCCCC2(C(=O)NS(C)(=O)=O)CC2)CC1. The molecule has 0 aliphatic heterocycles. The van der Waals surface area contributed by atoms with Crippen LogP contribution in [-0.4, -0.2) is 33.7 Å². The third-order valence-corrected chi connectivity index (χ3v) is 7.20. The molecule has 0 spiro atoms. The van der Waals surface area contributed by atoms with Gasteiger partial charge in [0.05, 0.1) is 24.2 Å². The number of unbranched alkanes of at least 4 members (excludes halogenated alkanes) is 9. The van der Waals surface area contributed by atoms with Gasteiger partial charge < -0.3 is 4.74 Å².